The van der Waals surface area contributed by atoms with E-state index in [-0.39, 0.29) is 5.78 Å². The van der Waals surface area contributed by atoms with E-state index < -0.39 is 0 Å². The molecule has 0 saturated carbocycles. The van der Waals surface area contributed by atoms with Crippen molar-refractivity contribution in [1.29, 1.82) is 0 Å². The lowest BCUT2D eigenvalue weighted by Crippen LogP contribution is -2.07. The van der Waals surface area contributed by atoms with E-state index in [0.717, 1.165) is 11.3 Å². The average molecular weight is 258 g/mol. The van der Waals surface area contributed by atoms with Crippen molar-refractivity contribution in [1.82, 2.24) is 4.98 Å². The summed E-state index contributed by atoms with van der Waals surface area (Å²) < 4.78 is 0. The highest BCUT2D eigenvalue weighted by atomic mass is 35.5. The van der Waals surface area contributed by atoms with Gasteiger partial charge in [-0.05, 0) is 23.3 Å². The van der Waals surface area contributed by atoms with E-state index >= 15 is 0 Å². The molecule has 0 unspecified atom stereocenters. The fourth-order valence-electron chi connectivity index (χ4n) is 1.22. The van der Waals surface area contributed by atoms with Crippen molar-refractivity contribution in [3.63, 3.8) is 0 Å². The van der Waals surface area contributed by atoms with Gasteiger partial charge >= 0.3 is 0 Å². The van der Waals surface area contributed by atoms with Crippen LogP contribution in [0.2, 0.25) is 5.02 Å². The van der Waals surface area contributed by atoms with Crippen molar-refractivity contribution < 1.29 is 4.79 Å². The molecule has 0 aliphatic heterocycles. The number of hydrogen-bond acceptors (Lipinski definition) is 3. The zero-order chi connectivity index (χ0) is 12.0. The highest BCUT2D eigenvalue weighted by Gasteiger charge is 2.07. The first-order valence-electron chi connectivity index (χ1n) is 5.27. The Morgan fingerprint density at radius 3 is 2.94 bits per heavy atom. The molecule has 0 bridgehead atoms. The average Bonchev–Trinajstić information content (AvgIpc) is 2.21. The van der Waals surface area contributed by atoms with Gasteiger partial charge in [0.05, 0.1) is 10.8 Å². The number of carbonyl (C=O) groups is 1. The van der Waals surface area contributed by atoms with E-state index in [0.29, 0.717) is 23.1 Å². The molecule has 16 heavy (non-hydrogen) atoms. The van der Waals surface area contributed by atoms with Crippen LogP contribution in [-0.2, 0) is 11.2 Å². The number of rotatable bonds is 6. The number of carbonyl (C=O) groups excluding carboxylic acids is 1. The summed E-state index contributed by atoms with van der Waals surface area (Å²) in [5.74, 6) is 2.44. The summed E-state index contributed by atoms with van der Waals surface area (Å²) in [6.45, 7) is 4.30. The Labute approximate surface area is 106 Å². The second kappa shape index (κ2) is 6.92. The van der Waals surface area contributed by atoms with Crippen molar-refractivity contribution in [3.05, 3.63) is 29.0 Å². The number of thioether (sulfide) groups is 1. The monoisotopic (exact) mass is 257 g/mol. The largest absolute Gasteiger partial charge is 0.298 e. The van der Waals surface area contributed by atoms with Gasteiger partial charge in [0.15, 0.2) is 0 Å². The minimum Gasteiger partial charge on any atom is -0.298 e. The lowest BCUT2D eigenvalue weighted by molar-refractivity contribution is -0.116. The van der Waals surface area contributed by atoms with Crippen LogP contribution in [0.25, 0.3) is 0 Å². The molecule has 0 N–H and O–H groups in total. The standard InChI is InChI=1S/C12H16ClNOS/c1-9(2)7-16-8-11(15)5-10-3-4-14-6-12(10)13/h3-4,6,9H,5,7-8H2,1-2H3. The molecule has 0 aliphatic rings. The van der Waals surface area contributed by atoms with E-state index in [4.69, 9.17) is 11.6 Å². The minimum absolute atomic E-state index is 0.221. The summed E-state index contributed by atoms with van der Waals surface area (Å²) in [4.78, 5) is 15.5. The molecule has 1 aromatic rings. The fraction of sp³-hybridized carbons (Fsp3) is 0.500. The van der Waals surface area contributed by atoms with Crippen LogP contribution in [0.5, 0.6) is 0 Å². The van der Waals surface area contributed by atoms with Gasteiger partial charge in [0.25, 0.3) is 0 Å². The zero-order valence-electron chi connectivity index (χ0n) is 9.57. The predicted octanol–water partition coefficient (Wildman–Crippen LogP) is 3.24. The maximum absolute atomic E-state index is 11.6. The maximum Gasteiger partial charge on any atom is 0.147 e. The van der Waals surface area contributed by atoms with Gasteiger partial charge in [-0.2, -0.15) is 11.8 Å². The second-order valence-electron chi connectivity index (χ2n) is 4.09. The molecule has 1 aromatic heterocycles. The summed E-state index contributed by atoms with van der Waals surface area (Å²) in [5.41, 5.74) is 0.867. The van der Waals surface area contributed by atoms with Gasteiger partial charge in [-0.3, -0.25) is 9.78 Å². The summed E-state index contributed by atoms with van der Waals surface area (Å²) in [6, 6.07) is 1.80. The summed E-state index contributed by atoms with van der Waals surface area (Å²) in [7, 11) is 0. The van der Waals surface area contributed by atoms with Crippen LogP contribution < -0.4 is 0 Å². The van der Waals surface area contributed by atoms with Crippen molar-refractivity contribution in [2.24, 2.45) is 5.92 Å². The number of aromatic nitrogens is 1. The van der Waals surface area contributed by atoms with E-state index in [1.165, 1.54) is 0 Å². The van der Waals surface area contributed by atoms with Gasteiger partial charge in [-0.25, -0.2) is 0 Å². The van der Waals surface area contributed by atoms with Gasteiger partial charge in [-0.1, -0.05) is 25.4 Å². The SMILES string of the molecule is CC(C)CSCC(=O)Cc1ccncc1Cl. The summed E-state index contributed by atoms with van der Waals surface area (Å²) >= 11 is 7.62. The first kappa shape index (κ1) is 13.5. The first-order valence-corrected chi connectivity index (χ1v) is 6.80. The fourth-order valence-corrected chi connectivity index (χ4v) is 2.32. The van der Waals surface area contributed by atoms with E-state index in [9.17, 15) is 4.79 Å². The van der Waals surface area contributed by atoms with Crippen LogP contribution in [0.3, 0.4) is 0 Å². The molecule has 88 valence electrons. The molecular formula is C12H16ClNOS. The molecule has 0 saturated heterocycles. The third-order valence-electron chi connectivity index (χ3n) is 1.96. The van der Waals surface area contributed by atoms with Crippen LogP contribution in [-0.4, -0.2) is 22.3 Å². The highest BCUT2D eigenvalue weighted by molar-refractivity contribution is 7.99. The number of nitrogens with zero attached hydrogens (tertiary/aromatic N) is 1. The van der Waals surface area contributed by atoms with Gasteiger partial charge in [0.2, 0.25) is 0 Å². The maximum atomic E-state index is 11.6. The molecule has 4 heteroatoms. The smallest absolute Gasteiger partial charge is 0.147 e. The zero-order valence-corrected chi connectivity index (χ0v) is 11.1. The Morgan fingerprint density at radius 1 is 1.56 bits per heavy atom. The molecule has 0 radical (unpaired) electrons. The molecule has 1 heterocycles. The molecule has 0 fully saturated rings. The molecule has 0 aromatic carbocycles. The second-order valence-corrected chi connectivity index (χ2v) is 5.53. The molecule has 0 aliphatic carbocycles. The summed E-state index contributed by atoms with van der Waals surface area (Å²) in [5, 5.41) is 0.574. The van der Waals surface area contributed by atoms with Crippen molar-refractivity contribution in [2.75, 3.05) is 11.5 Å². The minimum atomic E-state index is 0.221. The van der Waals surface area contributed by atoms with E-state index in [2.05, 4.69) is 18.8 Å². The van der Waals surface area contributed by atoms with Gasteiger partial charge in [0, 0.05) is 18.8 Å². The van der Waals surface area contributed by atoms with Crippen molar-refractivity contribution in [3.8, 4) is 0 Å². The normalized spacial score (nSPS) is 10.8. The Kier molecular flexibility index (Phi) is 5.85. The molecule has 1 rings (SSSR count). The van der Waals surface area contributed by atoms with E-state index in [1.54, 1.807) is 30.2 Å². The van der Waals surface area contributed by atoms with Gasteiger partial charge in [-0.15, -0.1) is 0 Å². The quantitative estimate of drug-likeness (QED) is 0.784. The number of pyridine rings is 1. The predicted molar refractivity (Wildman–Crippen MR) is 70.1 cm³/mol. The van der Waals surface area contributed by atoms with Crippen LogP contribution in [0.15, 0.2) is 18.5 Å². The Morgan fingerprint density at radius 2 is 2.31 bits per heavy atom. The lowest BCUT2D eigenvalue weighted by Gasteiger charge is -2.05. The molecule has 0 atom stereocenters. The van der Waals surface area contributed by atoms with Crippen LogP contribution in [0, 0.1) is 5.92 Å². The third kappa shape index (κ3) is 4.99. The molecule has 0 spiro atoms. The van der Waals surface area contributed by atoms with Crippen LogP contribution in [0.4, 0.5) is 0 Å². The third-order valence-corrected chi connectivity index (χ3v) is 3.73. The molecule has 0 amide bonds. The highest BCUT2D eigenvalue weighted by Crippen LogP contribution is 2.15. The van der Waals surface area contributed by atoms with E-state index in [1.807, 2.05) is 0 Å². The molecule has 2 nitrogen and oxygen atoms in total. The van der Waals surface area contributed by atoms with Gasteiger partial charge in [0.1, 0.15) is 5.78 Å². The van der Waals surface area contributed by atoms with Crippen molar-refractivity contribution in [2.45, 2.75) is 20.3 Å². The number of ketones is 1. The Balaban J connectivity index is 2.37. The first-order chi connectivity index (χ1) is 7.59. The Bertz CT molecular complexity index is 355. The molecular weight excluding hydrogens is 242 g/mol. The number of hydrogen-bond donors (Lipinski definition) is 0. The van der Waals surface area contributed by atoms with Crippen LogP contribution >= 0.6 is 23.4 Å². The number of Topliss-reactive ketones (excluding diaryl/α,β-unsaturated/α-hetero) is 1. The van der Waals surface area contributed by atoms with Crippen LogP contribution in [0.1, 0.15) is 19.4 Å². The van der Waals surface area contributed by atoms with Gasteiger partial charge < -0.3 is 0 Å². The lowest BCUT2D eigenvalue weighted by atomic mass is 10.1. The summed E-state index contributed by atoms with van der Waals surface area (Å²) in [6.07, 6.45) is 3.65. The number of halogens is 1. The topological polar surface area (TPSA) is 30.0 Å². The van der Waals surface area contributed by atoms with Crippen molar-refractivity contribution >= 4 is 29.1 Å². The Hall–Kier alpha value is -0.540.